The smallest absolute Gasteiger partial charge is 0.335 e. The molecule has 0 atom stereocenters. The number of carboxylic acids is 1. The number of benzene rings is 1. The molecule has 1 aromatic carbocycles. The van der Waals surface area contributed by atoms with Crippen molar-refractivity contribution < 1.29 is 9.90 Å². The highest BCUT2D eigenvalue weighted by Crippen LogP contribution is 2.33. The molecule has 1 saturated carbocycles. The van der Waals surface area contributed by atoms with Gasteiger partial charge in [-0.2, -0.15) is 0 Å². The second kappa shape index (κ2) is 4.68. The van der Waals surface area contributed by atoms with Crippen molar-refractivity contribution in [3.8, 4) is 0 Å². The van der Waals surface area contributed by atoms with Gasteiger partial charge in [-0.25, -0.2) is 9.78 Å². The van der Waals surface area contributed by atoms with Crippen LogP contribution in [0.4, 0.5) is 0 Å². The molecule has 1 aromatic heterocycles. The van der Waals surface area contributed by atoms with Crippen LogP contribution in [-0.4, -0.2) is 20.6 Å². The molecule has 0 radical (unpaired) electrons. The van der Waals surface area contributed by atoms with E-state index in [1.165, 1.54) is 19.3 Å². The quantitative estimate of drug-likeness (QED) is 0.896. The van der Waals surface area contributed by atoms with Crippen LogP contribution in [0, 0.1) is 5.92 Å². The van der Waals surface area contributed by atoms with E-state index in [-0.39, 0.29) is 0 Å². The molecule has 0 bridgehead atoms. The van der Waals surface area contributed by atoms with Crippen LogP contribution < -0.4 is 0 Å². The number of fused-ring (bicyclic) bond motifs is 1. The first kappa shape index (κ1) is 12.2. The summed E-state index contributed by atoms with van der Waals surface area (Å²) in [5, 5.41) is 9.10. The molecule has 1 aliphatic rings. The summed E-state index contributed by atoms with van der Waals surface area (Å²) in [6.45, 7) is 3.04. The number of carboxylic acid groups (broad SMARTS) is 1. The van der Waals surface area contributed by atoms with Crippen molar-refractivity contribution >= 4 is 17.0 Å². The molecule has 4 nitrogen and oxygen atoms in total. The summed E-state index contributed by atoms with van der Waals surface area (Å²) in [4.78, 5) is 15.7. The van der Waals surface area contributed by atoms with E-state index in [0.717, 1.165) is 35.7 Å². The summed E-state index contributed by atoms with van der Waals surface area (Å²) in [5.74, 6) is 1.04. The fourth-order valence-corrected chi connectivity index (χ4v) is 2.54. The third kappa shape index (κ3) is 2.35. The average molecular weight is 258 g/mol. The number of rotatable bonds is 5. The molecule has 2 aromatic rings. The Morgan fingerprint density at radius 1 is 1.47 bits per heavy atom. The van der Waals surface area contributed by atoms with E-state index in [1.54, 1.807) is 12.1 Å². The third-order valence-corrected chi connectivity index (χ3v) is 3.85. The Bertz CT molecular complexity index is 626. The van der Waals surface area contributed by atoms with Crippen LogP contribution in [0.25, 0.3) is 11.0 Å². The Labute approximate surface area is 112 Å². The molecule has 1 heterocycles. The maximum atomic E-state index is 11.1. The van der Waals surface area contributed by atoms with Gasteiger partial charge in [-0.15, -0.1) is 0 Å². The number of carbonyl (C=O) groups is 1. The molecule has 1 N–H and O–H groups in total. The lowest BCUT2D eigenvalue weighted by atomic mass is 10.2. The summed E-state index contributed by atoms with van der Waals surface area (Å²) in [7, 11) is 0. The summed E-state index contributed by atoms with van der Waals surface area (Å²) >= 11 is 0. The molecule has 1 fully saturated rings. The van der Waals surface area contributed by atoms with E-state index in [0.29, 0.717) is 5.56 Å². The highest BCUT2D eigenvalue weighted by molar-refractivity contribution is 5.92. The first-order valence-electron chi connectivity index (χ1n) is 6.91. The molecule has 19 heavy (non-hydrogen) atoms. The summed E-state index contributed by atoms with van der Waals surface area (Å²) in [6, 6.07) is 5.19. The number of nitrogens with zero attached hydrogens (tertiary/aromatic N) is 2. The van der Waals surface area contributed by atoms with E-state index in [4.69, 9.17) is 5.11 Å². The molecular formula is C15H18N2O2. The van der Waals surface area contributed by atoms with Crippen molar-refractivity contribution in [3.05, 3.63) is 29.6 Å². The van der Waals surface area contributed by atoms with Crippen LogP contribution in [0.2, 0.25) is 0 Å². The third-order valence-electron chi connectivity index (χ3n) is 3.85. The van der Waals surface area contributed by atoms with Crippen molar-refractivity contribution in [1.29, 1.82) is 0 Å². The normalized spacial score (nSPS) is 15.0. The number of aromatic carboxylic acids is 1. The standard InChI is InChI=1S/C15H18N2O2/c1-2-14-16-12-6-5-11(15(18)19)9-13(12)17(14)8-7-10-3-4-10/h5-6,9-10H,2-4,7-8H2,1H3,(H,18,19). The average Bonchev–Trinajstić information content (AvgIpc) is 3.16. The van der Waals surface area contributed by atoms with Gasteiger partial charge < -0.3 is 9.67 Å². The summed E-state index contributed by atoms with van der Waals surface area (Å²) < 4.78 is 2.19. The van der Waals surface area contributed by atoms with Gasteiger partial charge in [-0.3, -0.25) is 0 Å². The fourth-order valence-electron chi connectivity index (χ4n) is 2.54. The zero-order valence-electron chi connectivity index (χ0n) is 11.1. The van der Waals surface area contributed by atoms with Gasteiger partial charge in [-0.05, 0) is 30.5 Å². The molecule has 1 aliphatic carbocycles. The SMILES string of the molecule is CCc1nc2ccc(C(=O)O)cc2n1CCC1CC1. The Morgan fingerprint density at radius 3 is 2.89 bits per heavy atom. The van der Waals surface area contributed by atoms with Gasteiger partial charge in [0.05, 0.1) is 16.6 Å². The molecule has 0 unspecified atom stereocenters. The van der Waals surface area contributed by atoms with E-state index in [1.807, 2.05) is 6.07 Å². The monoisotopic (exact) mass is 258 g/mol. The largest absolute Gasteiger partial charge is 0.478 e. The van der Waals surface area contributed by atoms with Crippen molar-refractivity contribution in [1.82, 2.24) is 9.55 Å². The molecule has 0 spiro atoms. The van der Waals surface area contributed by atoms with Gasteiger partial charge >= 0.3 is 5.97 Å². The molecule has 100 valence electrons. The Hall–Kier alpha value is -1.84. The Kier molecular flexibility index (Phi) is 3.01. The fraction of sp³-hybridized carbons (Fsp3) is 0.467. The minimum atomic E-state index is -0.880. The number of hydrogen-bond acceptors (Lipinski definition) is 2. The first-order valence-corrected chi connectivity index (χ1v) is 6.91. The zero-order valence-corrected chi connectivity index (χ0v) is 11.1. The van der Waals surface area contributed by atoms with Gasteiger partial charge in [0.2, 0.25) is 0 Å². The predicted octanol–water partition coefficient (Wildman–Crippen LogP) is 3.10. The minimum absolute atomic E-state index is 0.336. The van der Waals surface area contributed by atoms with Crippen LogP contribution in [0.15, 0.2) is 18.2 Å². The van der Waals surface area contributed by atoms with E-state index < -0.39 is 5.97 Å². The van der Waals surface area contributed by atoms with Crippen molar-refractivity contribution in [2.24, 2.45) is 5.92 Å². The van der Waals surface area contributed by atoms with Crippen LogP contribution in [0.5, 0.6) is 0 Å². The van der Waals surface area contributed by atoms with Crippen LogP contribution in [-0.2, 0) is 13.0 Å². The highest BCUT2D eigenvalue weighted by atomic mass is 16.4. The minimum Gasteiger partial charge on any atom is -0.478 e. The number of hydrogen-bond donors (Lipinski definition) is 1. The second-order valence-corrected chi connectivity index (χ2v) is 5.27. The maximum absolute atomic E-state index is 11.1. The Morgan fingerprint density at radius 2 is 2.26 bits per heavy atom. The maximum Gasteiger partial charge on any atom is 0.335 e. The number of aryl methyl sites for hydroxylation is 2. The Balaban J connectivity index is 2.03. The molecule has 0 amide bonds. The summed E-state index contributed by atoms with van der Waals surface area (Å²) in [6.07, 6.45) is 4.74. The zero-order chi connectivity index (χ0) is 13.4. The number of imidazole rings is 1. The molecule has 4 heteroatoms. The topological polar surface area (TPSA) is 55.1 Å². The molecule has 0 saturated heterocycles. The predicted molar refractivity (Wildman–Crippen MR) is 73.4 cm³/mol. The molecular weight excluding hydrogens is 240 g/mol. The first-order chi connectivity index (χ1) is 9.19. The lowest BCUT2D eigenvalue weighted by Crippen LogP contribution is -2.04. The van der Waals surface area contributed by atoms with Crippen LogP contribution in [0.1, 0.15) is 42.4 Å². The van der Waals surface area contributed by atoms with Gasteiger partial charge in [0.15, 0.2) is 0 Å². The van der Waals surface area contributed by atoms with E-state index in [2.05, 4.69) is 16.5 Å². The van der Waals surface area contributed by atoms with Crippen molar-refractivity contribution in [3.63, 3.8) is 0 Å². The van der Waals surface area contributed by atoms with Crippen molar-refractivity contribution in [2.45, 2.75) is 39.2 Å². The van der Waals surface area contributed by atoms with E-state index in [9.17, 15) is 4.79 Å². The van der Waals surface area contributed by atoms with Crippen LogP contribution in [0.3, 0.4) is 0 Å². The van der Waals surface area contributed by atoms with Gasteiger partial charge in [0.1, 0.15) is 5.82 Å². The van der Waals surface area contributed by atoms with Gasteiger partial charge in [0.25, 0.3) is 0 Å². The lowest BCUT2D eigenvalue weighted by Gasteiger charge is -2.07. The molecule has 3 rings (SSSR count). The van der Waals surface area contributed by atoms with Crippen molar-refractivity contribution in [2.75, 3.05) is 0 Å². The lowest BCUT2D eigenvalue weighted by molar-refractivity contribution is 0.0697. The van der Waals surface area contributed by atoms with E-state index >= 15 is 0 Å². The van der Waals surface area contributed by atoms with Gasteiger partial charge in [0, 0.05) is 13.0 Å². The summed E-state index contributed by atoms with van der Waals surface area (Å²) in [5.41, 5.74) is 2.19. The number of aromatic nitrogens is 2. The second-order valence-electron chi connectivity index (χ2n) is 5.27. The van der Waals surface area contributed by atoms with Gasteiger partial charge in [-0.1, -0.05) is 19.8 Å². The van der Waals surface area contributed by atoms with Crippen LogP contribution >= 0.6 is 0 Å². The highest BCUT2D eigenvalue weighted by Gasteiger charge is 2.22. The molecule has 0 aliphatic heterocycles.